The first-order chi connectivity index (χ1) is 19.3. The van der Waals surface area contributed by atoms with Gasteiger partial charge >= 0.3 is 0 Å². The van der Waals surface area contributed by atoms with Crippen molar-refractivity contribution in [2.24, 2.45) is 0 Å². The Kier molecular flexibility index (Phi) is 7.99. The van der Waals surface area contributed by atoms with Crippen LogP contribution in [0.5, 0.6) is 5.75 Å². The van der Waals surface area contributed by atoms with Crippen LogP contribution in [0, 0.1) is 12.7 Å². The Hall–Kier alpha value is -4.42. The molecule has 1 saturated heterocycles. The number of aryl methyl sites for hydroxylation is 1. The number of carbonyl (C=O) groups excluding carboxylic acids is 2. The van der Waals surface area contributed by atoms with E-state index in [0.29, 0.717) is 34.9 Å². The van der Waals surface area contributed by atoms with E-state index in [1.165, 1.54) is 29.2 Å². The molecular formula is C33H27ClFNO4. The van der Waals surface area contributed by atoms with E-state index in [0.717, 1.165) is 16.7 Å². The average Bonchev–Trinajstić information content (AvgIpc) is 3.22. The summed E-state index contributed by atoms with van der Waals surface area (Å²) in [6.07, 6.45) is 0.467. The van der Waals surface area contributed by atoms with Crippen molar-refractivity contribution in [3.8, 4) is 5.75 Å². The van der Waals surface area contributed by atoms with Crippen LogP contribution in [-0.2, 0) is 22.6 Å². The highest BCUT2D eigenvalue weighted by atomic mass is 35.5. The number of hydrogen-bond donors (Lipinski definition) is 1. The minimum absolute atomic E-state index is 0.0370. The minimum Gasteiger partial charge on any atom is -0.507 e. The Morgan fingerprint density at radius 2 is 1.62 bits per heavy atom. The maximum atomic E-state index is 13.8. The molecule has 5 rings (SSSR count). The lowest BCUT2D eigenvalue weighted by Crippen LogP contribution is -2.31. The highest BCUT2D eigenvalue weighted by Gasteiger charge is 2.45. The molecule has 7 heteroatoms. The molecule has 0 aliphatic carbocycles. The topological polar surface area (TPSA) is 66.8 Å². The molecule has 5 nitrogen and oxygen atoms in total. The highest BCUT2D eigenvalue weighted by molar-refractivity contribution is 6.46. The van der Waals surface area contributed by atoms with Gasteiger partial charge in [-0.25, -0.2) is 4.39 Å². The molecule has 0 spiro atoms. The molecule has 0 bridgehead atoms. The molecule has 1 atom stereocenters. The predicted octanol–water partition coefficient (Wildman–Crippen LogP) is 7.03. The number of Topliss-reactive ketones (excluding diaryl/α,β-unsaturated/α-hetero) is 1. The lowest BCUT2D eigenvalue weighted by Gasteiger charge is -2.25. The molecule has 1 heterocycles. The zero-order valence-electron chi connectivity index (χ0n) is 21.8. The molecule has 0 aromatic heterocycles. The normalized spacial score (nSPS) is 16.4. The minimum atomic E-state index is -0.873. The van der Waals surface area contributed by atoms with E-state index in [2.05, 4.69) is 0 Å². The summed E-state index contributed by atoms with van der Waals surface area (Å²) in [4.78, 5) is 28.0. The van der Waals surface area contributed by atoms with Gasteiger partial charge in [-0.1, -0.05) is 66.2 Å². The second kappa shape index (κ2) is 11.8. The van der Waals surface area contributed by atoms with Gasteiger partial charge in [-0.2, -0.15) is 0 Å². The monoisotopic (exact) mass is 555 g/mol. The smallest absolute Gasteiger partial charge is 0.295 e. The second-order valence-electron chi connectivity index (χ2n) is 9.68. The lowest BCUT2D eigenvalue weighted by atomic mass is 9.94. The summed E-state index contributed by atoms with van der Waals surface area (Å²) in [5, 5.41) is 12.0. The van der Waals surface area contributed by atoms with Gasteiger partial charge in [-0.3, -0.25) is 9.59 Å². The third-order valence-corrected chi connectivity index (χ3v) is 7.22. The Labute approximate surface area is 237 Å². The Balaban J connectivity index is 1.47. The fourth-order valence-corrected chi connectivity index (χ4v) is 4.98. The summed E-state index contributed by atoms with van der Waals surface area (Å²) in [5.41, 5.74) is 3.59. The molecule has 202 valence electrons. The number of amides is 1. The van der Waals surface area contributed by atoms with Crippen molar-refractivity contribution in [1.82, 2.24) is 4.90 Å². The third-order valence-electron chi connectivity index (χ3n) is 6.97. The standard InChI is InChI=1S/C33H27ClFNO4/c1-21-19-25(11-16-28(21)40-20-23-5-3-2-4-6-23)31(37)29-30(24-9-14-27(35)15-10-24)36(33(39)32(29)38)18-17-22-7-12-26(34)13-8-22/h2-16,19,30,37H,17-18,20H2,1H3/b31-29-. The average molecular weight is 556 g/mol. The molecule has 1 aliphatic heterocycles. The first-order valence-electron chi connectivity index (χ1n) is 12.9. The first-order valence-corrected chi connectivity index (χ1v) is 13.3. The molecule has 1 amide bonds. The van der Waals surface area contributed by atoms with E-state index in [-0.39, 0.29) is 17.9 Å². The molecular weight excluding hydrogens is 529 g/mol. The van der Waals surface area contributed by atoms with Gasteiger partial charge < -0.3 is 14.7 Å². The number of aliphatic hydroxyl groups excluding tert-OH is 1. The molecule has 0 radical (unpaired) electrons. The van der Waals surface area contributed by atoms with E-state index < -0.39 is 23.5 Å². The van der Waals surface area contributed by atoms with Gasteiger partial charge in [0, 0.05) is 17.1 Å². The number of ketones is 1. The molecule has 0 saturated carbocycles. The van der Waals surface area contributed by atoms with Crippen LogP contribution in [0.4, 0.5) is 4.39 Å². The summed E-state index contributed by atoms with van der Waals surface area (Å²) in [5.74, 6) is -1.60. The number of ether oxygens (including phenoxy) is 1. The quantitative estimate of drug-likeness (QED) is 0.144. The molecule has 1 N–H and O–H groups in total. The van der Waals surface area contributed by atoms with E-state index in [9.17, 15) is 19.1 Å². The Morgan fingerprint density at radius 3 is 2.30 bits per heavy atom. The van der Waals surface area contributed by atoms with Crippen LogP contribution >= 0.6 is 11.6 Å². The van der Waals surface area contributed by atoms with Crippen molar-refractivity contribution in [3.63, 3.8) is 0 Å². The van der Waals surface area contributed by atoms with E-state index in [4.69, 9.17) is 16.3 Å². The van der Waals surface area contributed by atoms with Gasteiger partial charge in [0.05, 0.1) is 11.6 Å². The van der Waals surface area contributed by atoms with Crippen LogP contribution in [0.3, 0.4) is 0 Å². The van der Waals surface area contributed by atoms with Crippen LogP contribution in [-0.4, -0.2) is 28.2 Å². The van der Waals surface area contributed by atoms with Gasteiger partial charge in [0.2, 0.25) is 0 Å². The van der Waals surface area contributed by atoms with Crippen molar-refractivity contribution in [2.45, 2.75) is 26.0 Å². The van der Waals surface area contributed by atoms with Crippen molar-refractivity contribution in [2.75, 3.05) is 6.54 Å². The van der Waals surface area contributed by atoms with Gasteiger partial charge in [-0.05, 0) is 78.1 Å². The van der Waals surface area contributed by atoms with Gasteiger partial charge in [-0.15, -0.1) is 0 Å². The summed E-state index contributed by atoms with van der Waals surface area (Å²) < 4.78 is 19.7. The molecule has 4 aromatic carbocycles. The van der Waals surface area contributed by atoms with E-state index >= 15 is 0 Å². The van der Waals surface area contributed by atoms with Crippen molar-refractivity contribution < 1.29 is 23.8 Å². The zero-order valence-corrected chi connectivity index (χ0v) is 22.6. The first kappa shape index (κ1) is 27.2. The largest absolute Gasteiger partial charge is 0.507 e. The molecule has 40 heavy (non-hydrogen) atoms. The number of halogens is 2. The predicted molar refractivity (Wildman–Crippen MR) is 153 cm³/mol. The second-order valence-corrected chi connectivity index (χ2v) is 10.1. The SMILES string of the molecule is Cc1cc(/C(O)=C2/C(=O)C(=O)N(CCc3ccc(Cl)cc3)C2c2ccc(F)cc2)ccc1OCc1ccccc1. The number of likely N-dealkylation sites (tertiary alicyclic amines) is 1. The Bertz CT molecular complexity index is 1570. The zero-order chi connectivity index (χ0) is 28.2. The summed E-state index contributed by atoms with van der Waals surface area (Å²) in [6, 6.07) is 26.8. The number of hydrogen-bond acceptors (Lipinski definition) is 4. The summed E-state index contributed by atoms with van der Waals surface area (Å²) >= 11 is 5.99. The van der Waals surface area contributed by atoms with Crippen molar-refractivity contribution in [1.29, 1.82) is 0 Å². The number of carbonyl (C=O) groups is 2. The molecule has 4 aromatic rings. The maximum absolute atomic E-state index is 13.8. The van der Waals surface area contributed by atoms with Crippen molar-refractivity contribution >= 4 is 29.1 Å². The molecule has 1 aliphatic rings. The number of nitrogens with zero attached hydrogens (tertiary/aromatic N) is 1. The van der Waals surface area contributed by atoms with Crippen molar-refractivity contribution in [3.05, 3.63) is 141 Å². The van der Waals surface area contributed by atoms with Crippen LogP contribution in [0.2, 0.25) is 5.02 Å². The Morgan fingerprint density at radius 1 is 0.925 bits per heavy atom. The van der Waals surface area contributed by atoms with Gasteiger partial charge in [0.1, 0.15) is 23.9 Å². The van der Waals surface area contributed by atoms with Gasteiger partial charge in [0.15, 0.2) is 0 Å². The van der Waals surface area contributed by atoms with Crippen LogP contribution < -0.4 is 4.74 Å². The lowest BCUT2D eigenvalue weighted by molar-refractivity contribution is -0.139. The maximum Gasteiger partial charge on any atom is 0.295 e. The van der Waals surface area contributed by atoms with E-state index in [1.54, 1.807) is 30.3 Å². The molecule has 1 fully saturated rings. The van der Waals surface area contributed by atoms with Crippen LogP contribution in [0.1, 0.15) is 33.9 Å². The fourth-order valence-electron chi connectivity index (χ4n) is 4.85. The number of aliphatic hydroxyl groups is 1. The number of rotatable bonds is 8. The van der Waals surface area contributed by atoms with Crippen LogP contribution in [0.25, 0.3) is 5.76 Å². The van der Waals surface area contributed by atoms with Gasteiger partial charge in [0.25, 0.3) is 11.7 Å². The van der Waals surface area contributed by atoms with Crippen LogP contribution in [0.15, 0.2) is 103 Å². The summed E-state index contributed by atoms with van der Waals surface area (Å²) in [6.45, 7) is 2.45. The number of benzene rings is 4. The van der Waals surface area contributed by atoms with E-state index in [1.807, 2.05) is 49.4 Å². The molecule has 1 unspecified atom stereocenters. The summed E-state index contributed by atoms with van der Waals surface area (Å²) in [7, 11) is 0. The highest BCUT2D eigenvalue weighted by Crippen LogP contribution is 2.40. The third kappa shape index (κ3) is 5.77. The fraction of sp³-hybridized carbons (Fsp3) is 0.152.